The van der Waals surface area contributed by atoms with E-state index in [1.807, 2.05) is 25.1 Å². The second-order valence-electron chi connectivity index (χ2n) is 7.88. The lowest BCUT2D eigenvalue weighted by Crippen LogP contribution is -2.50. The van der Waals surface area contributed by atoms with E-state index < -0.39 is 12.0 Å². The van der Waals surface area contributed by atoms with E-state index in [0.717, 1.165) is 43.5 Å². The number of hydrogen-bond acceptors (Lipinski definition) is 5. The van der Waals surface area contributed by atoms with Crippen LogP contribution in [-0.4, -0.2) is 35.5 Å². The minimum absolute atomic E-state index is 0.287. The van der Waals surface area contributed by atoms with Gasteiger partial charge in [-0.05, 0) is 75.1 Å². The summed E-state index contributed by atoms with van der Waals surface area (Å²) in [6, 6.07) is 5.97. The van der Waals surface area contributed by atoms with E-state index in [1.54, 1.807) is 0 Å². The van der Waals surface area contributed by atoms with Crippen molar-refractivity contribution < 1.29 is 9.90 Å². The van der Waals surface area contributed by atoms with Crippen molar-refractivity contribution in [3.63, 3.8) is 0 Å². The summed E-state index contributed by atoms with van der Waals surface area (Å²) in [6.07, 6.45) is 8.81. The van der Waals surface area contributed by atoms with Crippen molar-refractivity contribution >= 4 is 17.5 Å². The highest BCUT2D eigenvalue weighted by molar-refractivity contribution is 6.02. The molecular weight excluding hydrogens is 354 g/mol. The van der Waals surface area contributed by atoms with Gasteiger partial charge in [-0.1, -0.05) is 18.2 Å². The molecule has 3 rings (SSSR count). The minimum atomic E-state index is -0.751. The van der Waals surface area contributed by atoms with Crippen LogP contribution >= 0.6 is 0 Å². The molecular formula is C21H31N5O2. The summed E-state index contributed by atoms with van der Waals surface area (Å²) in [4.78, 5) is 11.4. The number of nitrogens with one attached hydrogen (secondary N) is 2. The van der Waals surface area contributed by atoms with Gasteiger partial charge in [-0.15, -0.1) is 0 Å². The van der Waals surface area contributed by atoms with Crippen LogP contribution < -0.4 is 22.2 Å². The SMILES string of the molecule is C/C=C\Cc1ccc(/C(N)=N/N)c(N[C@H]2CCC3CNC(C(=O)O)CC3C2)c1. The molecule has 3 unspecified atom stereocenters. The molecule has 1 aromatic rings. The van der Waals surface area contributed by atoms with Gasteiger partial charge < -0.3 is 27.3 Å². The normalized spacial score (nSPS) is 28.1. The Morgan fingerprint density at radius 1 is 1.36 bits per heavy atom. The van der Waals surface area contributed by atoms with Crippen LogP contribution in [0, 0.1) is 11.8 Å². The zero-order valence-corrected chi connectivity index (χ0v) is 16.4. The number of amidine groups is 1. The number of carboxylic acid groups (broad SMARTS) is 1. The van der Waals surface area contributed by atoms with Gasteiger partial charge in [0.1, 0.15) is 6.04 Å². The van der Waals surface area contributed by atoms with Crippen LogP contribution in [0.15, 0.2) is 35.5 Å². The van der Waals surface area contributed by atoms with Gasteiger partial charge in [-0.2, -0.15) is 5.10 Å². The van der Waals surface area contributed by atoms with Crippen molar-refractivity contribution in [2.45, 2.75) is 51.1 Å². The predicted octanol–water partition coefficient (Wildman–Crippen LogP) is 2.03. The van der Waals surface area contributed by atoms with Crippen LogP contribution in [0.3, 0.4) is 0 Å². The molecule has 0 bridgehead atoms. The van der Waals surface area contributed by atoms with Crippen molar-refractivity contribution in [3.8, 4) is 0 Å². The first-order valence-corrected chi connectivity index (χ1v) is 10.0. The zero-order chi connectivity index (χ0) is 20.1. The van der Waals surface area contributed by atoms with Crippen LogP contribution in [0.4, 0.5) is 5.69 Å². The number of carbonyl (C=O) groups is 1. The number of allylic oxidation sites excluding steroid dienone is 2. The number of anilines is 1. The molecule has 1 aliphatic carbocycles. The first kappa shape index (κ1) is 20.2. The van der Waals surface area contributed by atoms with E-state index in [9.17, 15) is 9.90 Å². The summed E-state index contributed by atoms with van der Waals surface area (Å²) in [6.45, 7) is 2.81. The Hall–Kier alpha value is -2.54. The molecule has 7 N–H and O–H groups in total. The largest absolute Gasteiger partial charge is 0.480 e. The second-order valence-corrected chi connectivity index (χ2v) is 7.88. The fourth-order valence-electron chi connectivity index (χ4n) is 4.49. The summed E-state index contributed by atoms with van der Waals surface area (Å²) < 4.78 is 0. The van der Waals surface area contributed by atoms with E-state index in [2.05, 4.69) is 27.9 Å². The monoisotopic (exact) mass is 385 g/mol. The molecule has 1 aliphatic heterocycles. The maximum Gasteiger partial charge on any atom is 0.320 e. The lowest BCUT2D eigenvalue weighted by Gasteiger charge is -2.42. The van der Waals surface area contributed by atoms with Crippen molar-refractivity contribution in [1.29, 1.82) is 0 Å². The number of carboxylic acids is 1. The van der Waals surface area contributed by atoms with Crippen molar-refractivity contribution in [2.75, 3.05) is 11.9 Å². The molecule has 1 saturated carbocycles. The Bertz CT molecular complexity index is 761. The summed E-state index contributed by atoms with van der Waals surface area (Å²) in [7, 11) is 0. The highest BCUT2D eigenvalue weighted by Crippen LogP contribution is 2.37. The summed E-state index contributed by atoms with van der Waals surface area (Å²) in [5.41, 5.74) is 8.95. The second kappa shape index (κ2) is 9.10. The molecule has 28 heavy (non-hydrogen) atoms. The number of nitrogens with two attached hydrogens (primary N) is 2. The molecule has 4 atom stereocenters. The van der Waals surface area contributed by atoms with Gasteiger partial charge >= 0.3 is 5.97 Å². The number of hydrazone groups is 1. The summed E-state index contributed by atoms with van der Waals surface area (Å²) in [5.74, 6) is 5.95. The lowest BCUT2D eigenvalue weighted by atomic mass is 9.72. The van der Waals surface area contributed by atoms with Crippen LogP contribution in [-0.2, 0) is 11.2 Å². The van der Waals surface area contributed by atoms with E-state index in [1.165, 1.54) is 5.56 Å². The molecule has 2 aliphatic rings. The number of hydrogen-bond donors (Lipinski definition) is 5. The quantitative estimate of drug-likeness (QED) is 0.168. The number of aliphatic carboxylic acids is 1. The van der Waals surface area contributed by atoms with Crippen LogP contribution in [0.25, 0.3) is 0 Å². The summed E-state index contributed by atoms with van der Waals surface area (Å²) >= 11 is 0. The lowest BCUT2D eigenvalue weighted by molar-refractivity contribution is -0.141. The fraction of sp³-hybridized carbons (Fsp3) is 0.524. The van der Waals surface area contributed by atoms with Gasteiger partial charge in [0.05, 0.1) is 0 Å². The minimum Gasteiger partial charge on any atom is -0.480 e. The average molecular weight is 386 g/mol. The van der Waals surface area contributed by atoms with Crippen LogP contribution in [0.1, 0.15) is 43.7 Å². The molecule has 7 nitrogen and oxygen atoms in total. The topological polar surface area (TPSA) is 126 Å². The van der Waals surface area contributed by atoms with Gasteiger partial charge in [-0.25, -0.2) is 0 Å². The Morgan fingerprint density at radius 2 is 2.18 bits per heavy atom. The van der Waals surface area contributed by atoms with Gasteiger partial charge in [0, 0.05) is 17.3 Å². The molecule has 7 heteroatoms. The predicted molar refractivity (Wildman–Crippen MR) is 112 cm³/mol. The zero-order valence-electron chi connectivity index (χ0n) is 16.4. The van der Waals surface area contributed by atoms with Gasteiger partial charge in [0.15, 0.2) is 5.84 Å². The van der Waals surface area contributed by atoms with Gasteiger partial charge in [0.2, 0.25) is 0 Å². The van der Waals surface area contributed by atoms with Crippen LogP contribution in [0.5, 0.6) is 0 Å². The van der Waals surface area contributed by atoms with Crippen molar-refractivity contribution in [3.05, 3.63) is 41.5 Å². The Labute approximate surface area is 166 Å². The number of fused-ring (bicyclic) bond motifs is 1. The fourth-order valence-corrected chi connectivity index (χ4v) is 4.49. The summed E-state index contributed by atoms with van der Waals surface area (Å²) in [5, 5.41) is 19.8. The molecule has 1 aromatic carbocycles. The molecule has 0 spiro atoms. The first-order valence-electron chi connectivity index (χ1n) is 10.0. The molecule has 0 amide bonds. The van der Waals surface area contributed by atoms with Crippen molar-refractivity contribution in [2.24, 2.45) is 28.5 Å². The number of rotatable bonds is 6. The van der Waals surface area contributed by atoms with E-state index in [0.29, 0.717) is 24.1 Å². The van der Waals surface area contributed by atoms with Crippen LogP contribution in [0.2, 0.25) is 0 Å². The number of benzene rings is 1. The highest BCUT2D eigenvalue weighted by Gasteiger charge is 2.37. The maximum absolute atomic E-state index is 11.4. The Balaban J connectivity index is 1.75. The number of nitrogens with zero attached hydrogens (tertiary/aromatic N) is 1. The smallest absolute Gasteiger partial charge is 0.320 e. The molecule has 1 heterocycles. The maximum atomic E-state index is 11.4. The Morgan fingerprint density at radius 3 is 2.89 bits per heavy atom. The van der Waals surface area contributed by atoms with E-state index in [-0.39, 0.29) is 6.04 Å². The Kier molecular flexibility index (Phi) is 6.57. The third-order valence-corrected chi connectivity index (χ3v) is 6.05. The molecule has 2 fully saturated rings. The first-order chi connectivity index (χ1) is 13.5. The van der Waals surface area contributed by atoms with Gasteiger partial charge in [0.25, 0.3) is 0 Å². The third kappa shape index (κ3) is 4.65. The highest BCUT2D eigenvalue weighted by atomic mass is 16.4. The van der Waals surface area contributed by atoms with E-state index >= 15 is 0 Å². The van der Waals surface area contributed by atoms with Gasteiger partial charge in [-0.3, -0.25) is 4.79 Å². The molecule has 152 valence electrons. The molecule has 0 radical (unpaired) electrons. The molecule has 1 saturated heterocycles. The third-order valence-electron chi connectivity index (χ3n) is 6.05. The standard InChI is InChI=1S/C21H31N5O2/c1-2-3-4-13-5-8-17(20(22)26-23)18(9-13)25-16-7-6-14-12-24-19(21(27)28)11-15(14)10-16/h2-3,5,8-9,14-16,19,24-25H,4,6-7,10-12,23H2,1H3,(H2,22,26)(H,27,28)/b3-2-/t14?,15?,16-,19?/m0/s1. The van der Waals surface area contributed by atoms with Crippen molar-refractivity contribution in [1.82, 2.24) is 5.32 Å². The average Bonchev–Trinajstić information content (AvgIpc) is 2.71. The van der Waals surface area contributed by atoms with E-state index in [4.69, 9.17) is 11.6 Å². The molecule has 0 aromatic heterocycles. The number of piperidine rings is 1.